The zero-order valence-corrected chi connectivity index (χ0v) is 7.72. The van der Waals surface area contributed by atoms with Crippen molar-refractivity contribution in [2.45, 2.75) is 4.90 Å². The highest BCUT2D eigenvalue weighted by atomic mass is 35.5. The summed E-state index contributed by atoms with van der Waals surface area (Å²) in [5, 5.41) is 3.91. The first kappa shape index (κ1) is 8.86. The summed E-state index contributed by atoms with van der Waals surface area (Å²) in [6.07, 6.45) is 2.81. The normalized spacial score (nSPS) is 13.5. The van der Waals surface area contributed by atoms with Gasteiger partial charge in [0.2, 0.25) is 0 Å². The maximum atomic E-state index is 9.18. The highest BCUT2D eigenvalue weighted by molar-refractivity contribution is 8.23. The van der Waals surface area contributed by atoms with Gasteiger partial charge in [0.15, 0.2) is 5.15 Å². The molecule has 1 aromatic heterocycles. The van der Waals surface area contributed by atoms with Crippen molar-refractivity contribution in [2.75, 3.05) is 6.26 Å². The Labute approximate surface area is 71.1 Å². The van der Waals surface area contributed by atoms with Crippen LogP contribution in [0, 0.1) is 0 Å². The van der Waals surface area contributed by atoms with Crippen molar-refractivity contribution in [3.8, 4) is 0 Å². The predicted octanol–water partition coefficient (Wildman–Crippen LogP) is 1.81. The highest BCUT2D eigenvalue weighted by Gasteiger charge is 2.15. The molecule has 0 unspecified atom stereocenters. The quantitative estimate of drug-likeness (QED) is 0.721. The molecule has 4 nitrogen and oxygen atoms in total. The van der Waals surface area contributed by atoms with Crippen molar-refractivity contribution in [3.63, 3.8) is 0 Å². The van der Waals surface area contributed by atoms with Crippen LogP contribution in [0.5, 0.6) is 0 Å². The number of nitrogens with zero attached hydrogens (tertiary/aromatic N) is 2. The summed E-state index contributed by atoms with van der Waals surface area (Å²) in [4.78, 5) is 0.293. The van der Waals surface area contributed by atoms with Gasteiger partial charge in [0.05, 0.1) is 0 Å². The van der Waals surface area contributed by atoms with Crippen LogP contribution in [-0.2, 0) is 7.05 Å². The van der Waals surface area contributed by atoms with Crippen LogP contribution < -0.4 is 0 Å². The summed E-state index contributed by atoms with van der Waals surface area (Å²) in [6.45, 7) is 0. The van der Waals surface area contributed by atoms with Gasteiger partial charge in [-0.3, -0.25) is 13.8 Å². The second kappa shape index (κ2) is 2.67. The average molecular weight is 197 g/mol. The summed E-state index contributed by atoms with van der Waals surface area (Å²) >= 11 is 5.60. The van der Waals surface area contributed by atoms with Crippen molar-refractivity contribution in [3.05, 3.63) is 11.3 Å². The molecule has 11 heavy (non-hydrogen) atoms. The molecule has 64 valence electrons. The Morgan fingerprint density at radius 3 is 2.36 bits per heavy atom. The van der Waals surface area contributed by atoms with Gasteiger partial charge in [-0.1, -0.05) is 11.6 Å². The molecule has 0 aliphatic rings. The van der Waals surface area contributed by atoms with Gasteiger partial charge in [-0.05, 0) is 0 Å². The lowest BCUT2D eigenvalue weighted by molar-refractivity contribution is 0.495. The Hall–Kier alpha value is -0.230. The van der Waals surface area contributed by atoms with Gasteiger partial charge in [0.25, 0.3) is 0 Å². The third-order valence-corrected chi connectivity index (χ3v) is 2.69. The van der Waals surface area contributed by atoms with E-state index >= 15 is 0 Å². The van der Waals surface area contributed by atoms with E-state index in [1.807, 2.05) is 0 Å². The molecule has 0 aliphatic carbocycles. The minimum atomic E-state index is -2.73. The van der Waals surface area contributed by atoms with Gasteiger partial charge in [0.1, 0.15) is 4.90 Å². The number of halogens is 1. The van der Waals surface area contributed by atoms with Crippen molar-refractivity contribution < 1.29 is 9.11 Å². The Morgan fingerprint density at radius 2 is 2.18 bits per heavy atom. The maximum Gasteiger partial charge on any atom is 0.173 e. The van der Waals surface area contributed by atoms with Gasteiger partial charge in [-0.25, -0.2) is 0 Å². The summed E-state index contributed by atoms with van der Waals surface area (Å²) in [5.74, 6) is 0. The summed E-state index contributed by atoms with van der Waals surface area (Å²) in [7, 11) is -1.06. The van der Waals surface area contributed by atoms with E-state index in [-0.39, 0.29) is 5.15 Å². The molecule has 0 fully saturated rings. The molecule has 1 rings (SSSR count). The van der Waals surface area contributed by atoms with E-state index in [4.69, 9.17) is 11.6 Å². The van der Waals surface area contributed by atoms with Gasteiger partial charge in [-0.2, -0.15) is 15.7 Å². The van der Waals surface area contributed by atoms with E-state index in [0.717, 1.165) is 0 Å². The van der Waals surface area contributed by atoms with Crippen LogP contribution >= 0.6 is 22.2 Å². The maximum absolute atomic E-state index is 9.18. The van der Waals surface area contributed by atoms with E-state index in [2.05, 4.69) is 5.10 Å². The van der Waals surface area contributed by atoms with E-state index in [0.29, 0.717) is 4.90 Å². The standard InChI is InChI=1S/C5H9ClN2O2S/c1-8-3-4(5(6)7-8)11(2,9)10/h3,9-10H,1-2H3. The minimum Gasteiger partial charge on any atom is -0.295 e. The first-order valence-electron chi connectivity index (χ1n) is 2.83. The van der Waals surface area contributed by atoms with Crippen LogP contribution in [0.25, 0.3) is 0 Å². The Kier molecular flexibility index (Phi) is 2.15. The fourth-order valence-electron chi connectivity index (χ4n) is 0.699. The smallest absolute Gasteiger partial charge is 0.173 e. The molecule has 0 spiro atoms. The third kappa shape index (κ3) is 1.87. The third-order valence-electron chi connectivity index (χ3n) is 1.17. The van der Waals surface area contributed by atoms with Crippen molar-refractivity contribution in [2.24, 2.45) is 7.05 Å². The molecular weight excluding hydrogens is 188 g/mol. The van der Waals surface area contributed by atoms with Crippen molar-refractivity contribution in [1.82, 2.24) is 9.78 Å². The average Bonchev–Trinajstić information content (AvgIpc) is 2.08. The van der Waals surface area contributed by atoms with Crippen molar-refractivity contribution >= 4 is 22.2 Å². The monoisotopic (exact) mass is 196 g/mol. The summed E-state index contributed by atoms with van der Waals surface area (Å²) < 4.78 is 19.8. The molecule has 0 saturated heterocycles. The first-order chi connectivity index (χ1) is 4.91. The predicted molar refractivity (Wildman–Crippen MR) is 45.3 cm³/mol. The van der Waals surface area contributed by atoms with Crippen LogP contribution in [0.15, 0.2) is 11.1 Å². The highest BCUT2D eigenvalue weighted by Crippen LogP contribution is 2.46. The number of aromatic nitrogens is 2. The first-order valence-corrected chi connectivity index (χ1v) is 5.17. The Bertz CT molecular complexity index is 268. The number of hydrogen-bond donors (Lipinski definition) is 2. The van der Waals surface area contributed by atoms with E-state index in [9.17, 15) is 9.11 Å². The number of aryl methyl sites for hydroxylation is 1. The SMILES string of the molecule is Cn1cc(S(C)(O)O)c(Cl)n1. The fourth-order valence-corrected chi connectivity index (χ4v) is 2.02. The van der Waals surface area contributed by atoms with Gasteiger partial charge in [-0.15, -0.1) is 0 Å². The largest absolute Gasteiger partial charge is 0.295 e. The molecule has 2 N–H and O–H groups in total. The molecule has 0 radical (unpaired) electrons. The van der Waals surface area contributed by atoms with E-state index < -0.39 is 10.6 Å². The molecular formula is C5H9ClN2O2S. The topological polar surface area (TPSA) is 58.3 Å². The fraction of sp³-hybridized carbons (Fsp3) is 0.400. The van der Waals surface area contributed by atoms with Crippen LogP contribution in [0.2, 0.25) is 5.15 Å². The molecule has 0 atom stereocenters. The molecule has 0 saturated carbocycles. The lowest BCUT2D eigenvalue weighted by atomic mass is 10.7. The molecule has 0 aromatic carbocycles. The summed E-state index contributed by atoms with van der Waals surface area (Å²) in [6, 6.07) is 0. The summed E-state index contributed by atoms with van der Waals surface area (Å²) in [5.41, 5.74) is 0. The molecule has 1 aromatic rings. The lowest BCUT2D eigenvalue weighted by Crippen LogP contribution is -1.93. The number of rotatable bonds is 1. The minimum absolute atomic E-state index is 0.148. The zero-order chi connectivity index (χ0) is 8.65. The molecule has 6 heteroatoms. The molecule has 1 heterocycles. The lowest BCUT2D eigenvalue weighted by Gasteiger charge is -2.24. The number of hydrogen-bond acceptors (Lipinski definition) is 3. The van der Waals surface area contributed by atoms with Crippen LogP contribution in [0.1, 0.15) is 0 Å². The molecule has 0 bridgehead atoms. The second-order valence-corrected chi connectivity index (χ2v) is 4.76. The van der Waals surface area contributed by atoms with Crippen LogP contribution in [0.3, 0.4) is 0 Å². The van der Waals surface area contributed by atoms with Gasteiger partial charge >= 0.3 is 0 Å². The van der Waals surface area contributed by atoms with E-state index in [1.54, 1.807) is 7.05 Å². The van der Waals surface area contributed by atoms with Gasteiger partial charge < -0.3 is 0 Å². The second-order valence-electron chi connectivity index (χ2n) is 2.29. The Morgan fingerprint density at radius 1 is 1.64 bits per heavy atom. The van der Waals surface area contributed by atoms with Crippen LogP contribution in [0.4, 0.5) is 0 Å². The Balaban J connectivity index is 3.13. The zero-order valence-electron chi connectivity index (χ0n) is 6.15. The van der Waals surface area contributed by atoms with Crippen molar-refractivity contribution in [1.29, 1.82) is 0 Å². The molecule has 0 aliphatic heterocycles. The van der Waals surface area contributed by atoms with Gasteiger partial charge in [0, 0.05) is 19.5 Å². The molecule has 0 amide bonds. The van der Waals surface area contributed by atoms with Crippen LogP contribution in [-0.4, -0.2) is 25.1 Å². The van der Waals surface area contributed by atoms with E-state index in [1.165, 1.54) is 17.1 Å².